The van der Waals surface area contributed by atoms with Gasteiger partial charge in [0, 0.05) is 5.56 Å². The highest BCUT2D eigenvalue weighted by atomic mass is 16.6. The van der Waals surface area contributed by atoms with Crippen LogP contribution in [0.4, 0.5) is 0 Å². The van der Waals surface area contributed by atoms with E-state index in [0.717, 1.165) is 5.56 Å². The summed E-state index contributed by atoms with van der Waals surface area (Å²) in [5.74, 6) is 0.646. The van der Waals surface area contributed by atoms with Crippen molar-refractivity contribution in [3.63, 3.8) is 0 Å². The molecular weight excluding hydrogens is 208 g/mol. The molecule has 0 unspecified atom stereocenters. The quantitative estimate of drug-likeness (QED) is 0.844. The third-order valence-electron chi connectivity index (χ3n) is 2.25. The van der Waals surface area contributed by atoms with Crippen molar-refractivity contribution in [2.45, 2.75) is 20.1 Å². The number of aliphatic hydroxyl groups is 1. The molecule has 0 bridgehead atoms. The van der Waals surface area contributed by atoms with Crippen LogP contribution < -0.4 is 4.74 Å². The van der Waals surface area contributed by atoms with E-state index in [9.17, 15) is 0 Å². The molecule has 0 aliphatic heterocycles. The largest absolute Gasteiger partial charge is 0.487 e. The van der Waals surface area contributed by atoms with Gasteiger partial charge in [-0.1, -0.05) is 28.5 Å². The third kappa shape index (κ3) is 2.20. The zero-order valence-electron chi connectivity index (χ0n) is 8.88. The molecule has 1 N–H and O–H groups in total. The van der Waals surface area contributed by atoms with Gasteiger partial charge in [-0.3, -0.25) is 0 Å². The molecule has 16 heavy (non-hydrogen) atoms. The molecular formula is C11H12N2O3. The Kier molecular flexibility index (Phi) is 3.16. The first kappa shape index (κ1) is 10.6. The highest BCUT2D eigenvalue weighted by Gasteiger charge is 2.07. The van der Waals surface area contributed by atoms with Crippen molar-refractivity contribution < 1.29 is 14.5 Å². The van der Waals surface area contributed by atoms with Crippen molar-refractivity contribution in [2.75, 3.05) is 0 Å². The highest BCUT2D eigenvalue weighted by Crippen LogP contribution is 2.19. The number of para-hydroxylation sites is 1. The molecule has 0 aliphatic carbocycles. The van der Waals surface area contributed by atoms with E-state index in [0.29, 0.717) is 17.1 Å². The van der Waals surface area contributed by atoms with E-state index in [4.69, 9.17) is 9.84 Å². The molecule has 5 heteroatoms. The molecule has 0 saturated carbocycles. The van der Waals surface area contributed by atoms with Crippen LogP contribution in [0.5, 0.6) is 5.75 Å². The van der Waals surface area contributed by atoms with Crippen molar-refractivity contribution in [3.05, 3.63) is 41.2 Å². The lowest BCUT2D eigenvalue weighted by atomic mass is 10.2. The van der Waals surface area contributed by atoms with E-state index < -0.39 is 0 Å². The second kappa shape index (κ2) is 4.76. The summed E-state index contributed by atoms with van der Waals surface area (Å²) in [6.45, 7) is 2.03. The van der Waals surface area contributed by atoms with Crippen LogP contribution >= 0.6 is 0 Å². The minimum Gasteiger partial charge on any atom is -0.487 e. The first-order valence-electron chi connectivity index (χ1n) is 4.91. The summed E-state index contributed by atoms with van der Waals surface area (Å²) >= 11 is 0. The Balaban J connectivity index is 2.07. The molecule has 1 heterocycles. The predicted octanol–water partition coefficient (Wildman–Crippen LogP) is 1.45. The van der Waals surface area contributed by atoms with Crippen LogP contribution in [0.25, 0.3) is 0 Å². The van der Waals surface area contributed by atoms with E-state index in [1.54, 1.807) is 13.0 Å². The molecule has 0 spiro atoms. The minimum atomic E-state index is -0.0494. The van der Waals surface area contributed by atoms with E-state index in [1.165, 1.54) is 0 Å². The average molecular weight is 220 g/mol. The van der Waals surface area contributed by atoms with Gasteiger partial charge in [-0.25, -0.2) is 4.63 Å². The van der Waals surface area contributed by atoms with Crippen molar-refractivity contribution in [2.24, 2.45) is 0 Å². The Morgan fingerprint density at radius 2 is 2.12 bits per heavy atom. The molecule has 1 aromatic carbocycles. The Morgan fingerprint density at radius 3 is 2.81 bits per heavy atom. The van der Waals surface area contributed by atoms with E-state index in [2.05, 4.69) is 14.9 Å². The number of aryl methyl sites for hydroxylation is 1. The number of benzene rings is 1. The Hall–Kier alpha value is -1.88. The lowest BCUT2D eigenvalue weighted by molar-refractivity contribution is 0.250. The van der Waals surface area contributed by atoms with Gasteiger partial charge in [-0.2, -0.15) is 0 Å². The number of hydrogen-bond acceptors (Lipinski definition) is 5. The molecule has 0 aliphatic rings. The maximum Gasteiger partial charge on any atom is 0.145 e. The van der Waals surface area contributed by atoms with Crippen LogP contribution in [0.1, 0.15) is 17.0 Å². The van der Waals surface area contributed by atoms with Gasteiger partial charge < -0.3 is 9.84 Å². The predicted molar refractivity (Wildman–Crippen MR) is 55.7 cm³/mol. The SMILES string of the molecule is Cc1nonc1COc1ccccc1CO. The van der Waals surface area contributed by atoms with Gasteiger partial charge in [0.2, 0.25) is 0 Å². The molecule has 2 rings (SSSR count). The zero-order chi connectivity index (χ0) is 11.4. The fourth-order valence-electron chi connectivity index (χ4n) is 1.30. The maximum absolute atomic E-state index is 9.10. The van der Waals surface area contributed by atoms with Crippen LogP contribution in [0.2, 0.25) is 0 Å². The number of aromatic nitrogens is 2. The van der Waals surface area contributed by atoms with Crippen LogP contribution in [0.15, 0.2) is 28.9 Å². The molecule has 0 fully saturated rings. The number of rotatable bonds is 4. The fraction of sp³-hybridized carbons (Fsp3) is 0.273. The van der Waals surface area contributed by atoms with Crippen molar-refractivity contribution in [3.8, 4) is 5.75 Å². The molecule has 84 valence electrons. The lowest BCUT2D eigenvalue weighted by Gasteiger charge is -2.07. The molecule has 0 atom stereocenters. The van der Waals surface area contributed by atoms with Crippen LogP contribution in [0.3, 0.4) is 0 Å². The fourth-order valence-corrected chi connectivity index (χ4v) is 1.30. The number of nitrogens with zero attached hydrogens (tertiary/aromatic N) is 2. The summed E-state index contributed by atoms with van der Waals surface area (Å²) in [6, 6.07) is 7.31. The third-order valence-corrected chi connectivity index (χ3v) is 2.25. The van der Waals surface area contributed by atoms with Gasteiger partial charge in [-0.05, 0) is 13.0 Å². The summed E-state index contributed by atoms with van der Waals surface area (Å²) in [4.78, 5) is 0. The standard InChI is InChI=1S/C11H12N2O3/c1-8-10(13-16-12-8)7-15-11-5-3-2-4-9(11)6-14/h2-5,14H,6-7H2,1H3. The second-order valence-corrected chi connectivity index (χ2v) is 3.35. The van der Waals surface area contributed by atoms with E-state index >= 15 is 0 Å². The van der Waals surface area contributed by atoms with Gasteiger partial charge >= 0.3 is 0 Å². The van der Waals surface area contributed by atoms with Crippen LogP contribution in [-0.4, -0.2) is 15.4 Å². The minimum absolute atomic E-state index is 0.0494. The molecule has 2 aromatic rings. The van der Waals surface area contributed by atoms with E-state index in [1.807, 2.05) is 18.2 Å². The van der Waals surface area contributed by atoms with Gasteiger partial charge in [-0.15, -0.1) is 0 Å². The van der Waals surface area contributed by atoms with Gasteiger partial charge in [0.25, 0.3) is 0 Å². The number of hydrogen-bond donors (Lipinski definition) is 1. The molecule has 0 saturated heterocycles. The normalized spacial score (nSPS) is 10.4. The van der Waals surface area contributed by atoms with E-state index in [-0.39, 0.29) is 13.2 Å². The lowest BCUT2D eigenvalue weighted by Crippen LogP contribution is -2.00. The van der Waals surface area contributed by atoms with Gasteiger partial charge in [0.15, 0.2) is 0 Å². The zero-order valence-corrected chi connectivity index (χ0v) is 8.88. The number of ether oxygens (including phenoxy) is 1. The summed E-state index contributed by atoms with van der Waals surface area (Å²) < 4.78 is 10.1. The first-order chi connectivity index (χ1) is 7.81. The average Bonchev–Trinajstić information content (AvgIpc) is 2.72. The summed E-state index contributed by atoms with van der Waals surface area (Å²) in [5.41, 5.74) is 2.12. The molecule has 5 nitrogen and oxygen atoms in total. The number of aliphatic hydroxyl groups excluding tert-OH is 1. The Labute approximate surface area is 92.6 Å². The topological polar surface area (TPSA) is 68.4 Å². The van der Waals surface area contributed by atoms with Crippen LogP contribution in [0, 0.1) is 6.92 Å². The first-order valence-corrected chi connectivity index (χ1v) is 4.91. The van der Waals surface area contributed by atoms with Gasteiger partial charge in [0.1, 0.15) is 23.7 Å². The smallest absolute Gasteiger partial charge is 0.145 e. The molecule has 0 amide bonds. The second-order valence-electron chi connectivity index (χ2n) is 3.35. The summed E-state index contributed by atoms with van der Waals surface area (Å²) in [7, 11) is 0. The summed E-state index contributed by atoms with van der Waals surface area (Å²) in [6.07, 6.45) is 0. The van der Waals surface area contributed by atoms with Crippen LogP contribution in [-0.2, 0) is 13.2 Å². The maximum atomic E-state index is 9.10. The highest BCUT2D eigenvalue weighted by molar-refractivity contribution is 5.32. The summed E-state index contributed by atoms with van der Waals surface area (Å²) in [5, 5.41) is 16.5. The van der Waals surface area contributed by atoms with Crippen molar-refractivity contribution in [1.29, 1.82) is 0 Å². The Bertz CT molecular complexity index is 468. The van der Waals surface area contributed by atoms with Gasteiger partial charge in [0.05, 0.1) is 6.61 Å². The van der Waals surface area contributed by atoms with Crippen molar-refractivity contribution in [1.82, 2.24) is 10.3 Å². The monoisotopic (exact) mass is 220 g/mol. The molecule has 0 radical (unpaired) electrons. The molecule has 1 aromatic heterocycles. The van der Waals surface area contributed by atoms with Crippen molar-refractivity contribution >= 4 is 0 Å². The Morgan fingerprint density at radius 1 is 1.31 bits per heavy atom.